The van der Waals surface area contributed by atoms with Gasteiger partial charge in [0.1, 0.15) is 12.1 Å². The number of nitrogens with two attached hydrogens (primary N) is 1. The van der Waals surface area contributed by atoms with E-state index in [1.165, 1.54) is 17.0 Å². The number of amides is 5. The number of benzene rings is 1. The molecule has 45 heavy (non-hydrogen) atoms. The average molecular weight is 646 g/mol. The van der Waals surface area contributed by atoms with Crippen LogP contribution in [-0.2, 0) is 29.0 Å². The van der Waals surface area contributed by atoms with Crippen LogP contribution in [0.3, 0.4) is 0 Å². The minimum absolute atomic E-state index is 0.0440. The number of Topliss-reactive ketones (excluding diaryl/α,β-unsaturated/α-hetero) is 1. The van der Waals surface area contributed by atoms with E-state index in [-0.39, 0.29) is 33.8 Å². The number of sulfone groups is 1. The molecule has 2 saturated carbocycles. The lowest BCUT2D eigenvalue weighted by Gasteiger charge is -2.38. The smallest absolute Gasteiger partial charge is 0.315 e. The number of fused-ring (bicyclic) bond motifs is 1. The first-order valence-corrected chi connectivity index (χ1v) is 17.1. The van der Waals surface area contributed by atoms with E-state index in [4.69, 9.17) is 5.73 Å². The van der Waals surface area contributed by atoms with Crippen LogP contribution in [0.5, 0.6) is 0 Å². The maximum absolute atomic E-state index is 14.2. The molecule has 1 aliphatic heterocycles. The van der Waals surface area contributed by atoms with Gasteiger partial charge in [0.05, 0.1) is 22.2 Å². The minimum Gasteiger partial charge on any atom is -0.363 e. The number of nitrogens with one attached hydrogen (secondary N) is 3. The Labute approximate surface area is 265 Å². The normalized spacial score (nSPS) is 23.7. The predicted octanol–water partition coefficient (Wildman–Crippen LogP) is 1.78. The number of nitrogens with zero attached hydrogens (tertiary/aromatic N) is 1. The number of piperidine rings is 1. The zero-order chi connectivity index (χ0) is 33.7. The van der Waals surface area contributed by atoms with Crippen LogP contribution in [0.2, 0.25) is 0 Å². The van der Waals surface area contributed by atoms with E-state index in [0.717, 1.165) is 12.8 Å². The molecule has 3 fully saturated rings. The van der Waals surface area contributed by atoms with Gasteiger partial charge in [0.15, 0.2) is 9.84 Å². The minimum atomic E-state index is -3.72. The van der Waals surface area contributed by atoms with Gasteiger partial charge in [-0.1, -0.05) is 65.7 Å². The topological polar surface area (TPSA) is 185 Å². The molecule has 5 atom stereocenters. The van der Waals surface area contributed by atoms with E-state index in [1.807, 2.05) is 13.8 Å². The van der Waals surface area contributed by atoms with Crippen molar-refractivity contribution < 1.29 is 32.4 Å². The highest BCUT2D eigenvalue weighted by atomic mass is 32.2. The number of likely N-dealkylation sites (tertiary alicyclic amines) is 1. The van der Waals surface area contributed by atoms with Crippen LogP contribution < -0.4 is 21.7 Å². The Morgan fingerprint density at radius 1 is 1.00 bits per heavy atom. The monoisotopic (exact) mass is 645 g/mol. The molecule has 5 amide bonds. The summed E-state index contributed by atoms with van der Waals surface area (Å²) in [6, 6.07) is 4.20. The second-order valence-electron chi connectivity index (χ2n) is 15.2. The van der Waals surface area contributed by atoms with Crippen molar-refractivity contribution in [3.63, 3.8) is 0 Å². The van der Waals surface area contributed by atoms with Gasteiger partial charge >= 0.3 is 6.03 Å². The summed E-state index contributed by atoms with van der Waals surface area (Å²) in [6.45, 7) is 12.9. The SMILES string of the molecule is CC(C)(CS(=O)(=O)c1ccccc1)NC(=O)N[C@H](C(=O)N1CC2C([C@H]1C(=O)NC(CC1CC1)C(=O)C(N)=O)C2(C)C)C(C)(C)C. The van der Waals surface area contributed by atoms with Crippen molar-refractivity contribution in [1.82, 2.24) is 20.9 Å². The molecule has 1 saturated heterocycles. The van der Waals surface area contributed by atoms with Crippen molar-refractivity contribution in [1.29, 1.82) is 0 Å². The predicted molar refractivity (Wildman–Crippen MR) is 167 cm³/mol. The van der Waals surface area contributed by atoms with Crippen LogP contribution in [0.1, 0.15) is 67.7 Å². The lowest BCUT2D eigenvalue weighted by molar-refractivity contribution is -0.145. The summed E-state index contributed by atoms with van der Waals surface area (Å²) in [6.07, 6.45) is 2.12. The Hall–Kier alpha value is -3.48. The molecule has 12 nitrogen and oxygen atoms in total. The van der Waals surface area contributed by atoms with Crippen molar-refractivity contribution in [3.05, 3.63) is 30.3 Å². The van der Waals surface area contributed by atoms with Gasteiger partial charge in [-0.25, -0.2) is 13.2 Å². The molecular formula is C32H47N5O7S. The number of ketones is 1. The second kappa shape index (κ2) is 12.0. The Bertz CT molecular complexity index is 1460. The number of carbonyl (C=O) groups excluding carboxylic acids is 5. The van der Waals surface area contributed by atoms with Gasteiger partial charge in [-0.2, -0.15) is 0 Å². The number of hydrogen-bond donors (Lipinski definition) is 4. The molecule has 2 aliphatic carbocycles. The maximum atomic E-state index is 14.2. The van der Waals surface area contributed by atoms with Crippen molar-refractivity contribution in [2.24, 2.45) is 34.3 Å². The highest BCUT2D eigenvalue weighted by Gasteiger charge is 2.70. The van der Waals surface area contributed by atoms with E-state index >= 15 is 0 Å². The zero-order valence-electron chi connectivity index (χ0n) is 27.2. The third kappa shape index (κ3) is 7.67. The van der Waals surface area contributed by atoms with E-state index in [0.29, 0.717) is 13.0 Å². The van der Waals surface area contributed by atoms with Gasteiger partial charge in [0.2, 0.25) is 17.6 Å². The van der Waals surface area contributed by atoms with E-state index in [2.05, 4.69) is 16.0 Å². The molecule has 0 aromatic heterocycles. The molecule has 3 unspecified atom stereocenters. The molecule has 13 heteroatoms. The van der Waals surface area contributed by atoms with Gasteiger partial charge in [0, 0.05) is 6.54 Å². The Kier molecular flexibility index (Phi) is 9.20. The van der Waals surface area contributed by atoms with Gasteiger partial charge in [-0.15, -0.1) is 0 Å². The van der Waals surface area contributed by atoms with Crippen LogP contribution in [0.25, 0.3) is 0 Å². The van der Waals surface area contributed by atoms with Crippen LogP contribution in [0.15, 0.2) is 35.2 Å². The number of rotatable bonds is 12. The molecule has 0 bridgehead atoms. The summed E-state index contributed by atoms with van der Waals surface area (Å²) in [5.74, 6) is -3.23. The third-order valence-electron chi connectivity index (χ3n) is 9.40. The zero-order valence-corrected chi connectivity index (χ0v) is 28.0. The third-order valence-corrected chi connectivity index (χ3v) is 11.5. The highest BCUT2D eigenvalue weighted by Crippen LogP contribution is 2.65. The van der Waals surface area contributed by atoms with Crippen LogP contribution >= 0.6 is 0 Å². The van der Waals surface area contributed by atoms with E-state index in [9.17, 15) is 32.4 Å². The highest BCUT2D eigenvalue weighted by molar-refractivity contribution is 7.91. The first-order valence-electron chi connectivity index (χ1n) is 15.5. The number of carbonyl (C=O) groups is 5. The largest absolute Gasteiger partial charge is 0.363 e. The maximum Gasteiger partial charge on any atom is 0.315 e. The standard InChI is InChI=1S/C32H47N5O7S/c1-30(2,3)25(35-29(42)36-31(4,5)17-45(43,44)19-11-9-8-10-12-19)28(41)37-16-20-22(32(20,6)7)23(37)27(40)34-21(15-18-13-14-18)24(38)26(33)39/h8-12,18,20-23,25H,13-17H2,1-7H3,(H2,33,39)(H,34,40)(H2,35,36,42)/t20?,21?,22?,23-,25+/m0/s1. The first kappa shape index (κ1) is 34.4. The number of primary amides is 1. The molecule has 1 heterocycles. The van der Waals surface area contributed by atoms with Crippen molar-refractivity contribution in [2.75, 3.05) is 12.3 Å². The Balaban J connectivity index is 1.50. The molecule has 248 valence electrons. The van der Waals surface area contributed by atoms with Crippen molar-refractivity contribution >= 4 is 39.4 Å². The number of urea groups is 1. The molecule has 5 N–H and O–H groups in total. The van der Waals surface area contributed by atoms with E-state index in [1.54, 1.807) is 52.8 Å². The fraction of sp³-hybridized carbons (Fsp3) is 0.656. The Morgan fingerprint density at radius 3 is 2.13 bits per heavy atom. The molecule has 4 rings (SSSR count). The molecular weight excluding hydrogens is 598 g/mol. The molecule has 0 spiro atoms. The fourth-order valence-electron chi connectivity index (χ4n) is 6.67. The van der Waals surface area contributed by atoms with Gasteiger partial charge in [-0.3, -0.25) is 19.2 Å². The van der Waals surface area contributed by atoms with Crippen molar-refractivity contribution in [2.45, 2.75) is 96.3 Å². The van der Waals surface area contributed by atoms with Crippen molar-refractivity contribution in [3.8, 4) is 0 Å². The summed E-state index contributed by atoms with van der Waals surface area (Å²) in [5.41, 5.74) is 3.09. The molecule has 0 radical (unpaired) electrons. The lowest BCUT2D eigenvalue weighted by Crippen LogP contribution is -2.62. The summed E-state index contributed by atoms with van der Waals surface area (Å²) in [4.78, 5) is 67.2. The molecule has 1 aromatic rings. The molecule has 1 aromatic carbocycles. The lowest BCUT2D eigenvalue weighted by atomic mass is 9.85. The van der Waals surface area contributed by atoms with Gasteiger partial charge in [-0.05, 0) is 61.0 Å². The van der Waals surface area contributed by atoms with Crippen LogP contribution in [0, 0.1) is 28.6 Å². The fourth-order valence-corrected chi connectivity index (χ4v) is 8.43. The number of hydrogen-bond acceptors (Lipinski definition) is 7. The van der Waals surface area contributed by atoms with Crippen LogP contribution in [-0.4, -0.2) is 78.8 Å². The quantitative estimate of drug-likeness (QED) is 0.250. The summed E-state index contributed by atoms with van der Waals surface area (Å²) >= 11 is 0. The average Bonchev–Trinajstić information content (AvgIpc) is 3.77. The Morgan fingerprint density at radius 2 is 1.60 bits per heavy atom. The summed E-state index contributed by atoms with van der Waals surface area (Å²) < 4.78 is 26.0. The van der Waals surface area contributed by atoms with E-state index < -0.39 is 68.5 Å². The summed E-state index contributed by atoms with van der Waals surface area (Å²) in [7, 11) is -3.72. The van der Waals surface area contributed by atoms with Crippen LogP contribution in [0.4, 0.5) is 4.79 Å². The first-order chi connectivity index (χ1) is 20.7. The summed E-state index contributed by atoms with van der Waals surface area (Å²) in [5, 5.41) is 8.19. The van der Waals surface area contributed by atoms with Gasteiger partial charge < -0.3 is 26.6 Å². The second-order valence-corrected chi connectivity index (χ2v) is 17.2. The van der Waals surface area contributed by atoms with Gasteiger partial charge in [0.25, 0.3) is 5.91 Å². The molecule has 3 aliphatic rings.